The Morgan fingerprint density at radius 3 is 2.40 bits per heavy atom. The molecule has 0 aromatic heterocycles. The zero-order chi connectivity index (χ0) is 26.4. The fourth-order valence-electron chi connectivity index (χ4n) is 4.23. The van der Waals surface area contributed by atoms with Gasteiger partial charge in [-0.1, -0.05) is 31.5 Å². The summed E-state index contributed by atoms with van der Waals surface area (Å²) in [6.07, 6.45) is 1.52. The Morgan fingerprint density at radius 1 is 1.23 bits per heavy atom. The van der Waals surface area contributed by atoms with E-state index in [4.69, 9.17) is 4.74 Å². The fourth-order valence-corrected chi connectivity index (χ4v) is 5.92. The van der Waals surface area contributed by atoms with E-state index in [-0.39, 0.29) is 29.4 Å². The number of nitrogens with one attached hydrogen (secondary N) is 1. The number of carboxylic acid groups (broad SMARTS) is 1. The van der Waals surface area contributed by atoms with Crippen LogP contribution in [0.25, 0.3) is 0 Å². The van der Waals surface area contributed by atoms with Gasteiger partial charge in [0.15, 0.2) is 0 Å². The molecule has 1 aromatic rings. The molecule has 0 bridgehead atoms. The summed E-state index contributed by atoms with van der Waals surface area (Å²) in [4.78, 5) is 25.6. The van der Waals surface area contributed by atoms with E-state index in [9.17, 15) is 23.1 Å². The van der Waals surface area contributed by atoms with Crippen molar-refractivity contribution in [2.75, 3.05) is 26.2 Å². The normalized spacial score (nSPS) is 18.0. The van der Waals surface area contributed by atoms with Gasteiger partial charge >= 0.3 is 12.1 Å². The molecule has 1 amide bonds. The Hall–Kier alpha value is -2.17. The number of benzene rings is 1. The Labute approximate surface area is 209 Å². The van der Waals surface area contributed by atoms with Crippen LogP contribution in [0.3, 0.4) is 0 Å². The fraction of sp³-hybridized carbons (Fsp3) is 0.680. The number of carbonyl (C=O) groups excluding carboxylic acids is 1. The van der Waals surface area contributed by atoms with Gasteiger partial charge in [-0.25, -0.2) is 13.2 Å². The maximum Gasteiger partial charge on any atom is 0.410 e. The minimum Gasteiger partial charge on any atom is -0.480 e. The van der Waals surface area contributed by atoms with Crippen LogP contribution >= 0.6 is 0 Å². The first-order chi connectivity index (χ1) is 16.2. The predicted octanol–water partition coefficient (Wildman–Crippen LogP) is 3.47. The number of amides is 1. The molecule has 1 aromatic carbocycles. The van der Waals surface area contributed by atoms with Crippen molar-refractivity contribution in [3.05, 3.63) is 29.8 Å². The number of carboxylic acids is 1. The second-order valence-corrected chi connectivity index (χ2v) is 12.6. The van der Waals surface area contributed by atoms with Gasteiger partial charge in [0.2, 0.25) is 10.0 Å². The van der Waals surface area contributed by atoms with Crippen LogP contribution in [-0.4, -0.2) is 78.7 Å². The van der Waals surface area contributed by atoms with Crippen molar-refractivity contribution in [3.8, 4) is 0 Å². The van der Waals surface area contributed by atoms with Crippen LogP contribution in [0.1, 0.15) is 59.4 Å². The van der Waals surface area contributed by atoms with Gasteiger partial charge in [0.05, 0.1) is 4.90 Å². The van der Waals surface area contributed by atoms with Crippen molar-refractivity contribution in [3.63, 3.8) is 0 Å². The number of hydrogen-bond acceptors (Lipinski definition) is 6. The zero-order valence-electron chi connectivity index (χ0n) is 21.8. The number of rotatable bonds is 11. The van der Waals surface area contributed by atoms with Crippen molar-refractivity contribution < 1.29 is 27.9 Å². The second-order valence-electron chi connectivity index (χ2n) is 10.7. The predicted molar refractivity (Wildman–Crippen MR) is 135 cm³/mol. The quantitative estimate of drug-likeness (QED) is 0.467. The van der Waals surface area contributed by atoms with Crippen LogP contribution in [0.5, 0.6) is 0 Å². The van der Waals surface area contributed by atoms with Crippen LogP contribution in [0.2, 0.25) is 0 Å². The zero-order valence-corrected chi connectivity index (χ0v) is 22.6. The van der Waals surface area contributed by atoms with Gasteiger partial charge in [0, 0.05) is 31.7 Å². The molecule has 1 fully saturated rings. The molecule has 0 radical (unpaired) electrons. The Balaban J connectivity index is 2.14. The van der Waals surface area contributed by atoms with Crippen molar-refractivity contribution in [2.24, 2.45) is 5.92 Å². The minimum absolute atomic E-state index is 0.150. The minimum atomic E-state index is -3.62. The molecule has 1 aliphatic rings. The molecule has 2 atom stereocenters. The number of aliphatic carboxylic acids is 1. The van der Waals surface area contributed by atoms with E-state index in [1.54, 1.807) is 49.3 Å². The van der Waals surface area contributed by atoms with Gasteiger partial charge in [0.25, 0.3) is 0 Å². The Kier molecular flexibility index (Phi) is 10.1. The van der Waals surface area contributed by atoms with Crippen LogP contribution in [0, 0.1) is 12.8 Å². The number of ether oxygens (including phenoxy) is 1. The maximum absolute atomic E-state index is 13.3. The molecule has 0 unspecified atom stereocenters. The highest BCUT2D eigenvalue weighted by atomic mass is 32.2. The van der Waals surface area contributed by atoms with Crippen molar-refractivity contribution in [1.82, 2.24) is 14.5 Å². The van der Waals surface area contributed by atoms with Gasteiger partial charge in [-0.2, -0.15) is 4.31 Å². The van der Waals surface area contributed by atoms with Gasteiger partial charge in [-0.3, -0.25) is 9.69 Å². The molecule has 1 heterocycles. The third kappa shape index (κ3) is 9.09. The lowest BCUT2D eigenvalue weighted by atomic mass is 10.0. The molecule has 1 saturated heterocycles. The molecule has 1 aliphatic heterocycles. The highest BCUT2D eigenvalue weighted by Crippen LogP contribution is 2.26. The summed E-state index contributed by atoms with van der Waals surface area (Å²) in [6, 6.07) is 6.43. The van der Waals surface area contributed by atoms with Crippen molar-refractivity contribution >= 4 is 22.1 Å². The molecule has 9 nitrogen and oxygen atoms in total. The van der Waals surface area contributed by atoms with E-state index in [0.717, 1.165) is 18.4 Å². The Bertz CT molecular complexity index is 956. The second kappa shape index (κ2) is 12.2. The number of aryl methyl sites for hydroxylation is 1. The highest BCUT2D eigenvalue weighted by Gasteiger charge is 2.36. The van der Waals surface area contributed by atoms with Gasteiger partial charge in [0.1, 0.15) is 12.1 Å². The molecule has 2 rings (SSSR count). The lowest BCUT2D eigenvalue weighted by Gasteiger charge is -2.32. The first-order valence-electron chi connectivity index (χ1n) is 12.2. The average molecular weight is 512 g/mol. The summed E-state index contributed by atoms with van der Waals surface area (Å²) in [5.41, 5.74) is 0.250. The Morgan fingerprint density at radius 2 is 1.86 bits per heavy atom. The largest absolute Gasteiger partial charge is 0.480 e. The summed E-state index contributed by atoms with van der Waals surface area (Å²) >= 11 is 0. The lowest BCUT2D eigenvalue weighted by molar-refractivity contribution is -0.138. The molecule has 10 heteroatoms. The molecular formula is C25H41N3O6S. The number of nitrogens with zero attached hydrogens (tertiary/aromatic N) is 2. The SMILES string of the molecule is Cc1ccc(S(=O)(=O)N2CCC[C@H]2CN[C@@H](CC(C)C)CN(CC(=O)O)C(=O)OC(C)(C)C)cc1. The summed E-state index contributed by atoms with van der Waals surface area (Å²) in [5.74, 6) is -0.834. The van der Waals surface area contributed by atoms with Crippen molar-refractivity contribution in [2.45, 2.75) is 83.4 Å². The summed E-state index contributed by atoms with van der Waals surface area (Å²) in [6.45, 7) is 11.8. The average Bonchev–Trinajstić information content (AvgIpc) is 3.19. The number of hydrogen-bond donors (Lipinski definition) is 2. The maximum atomic E-state index is 13.3. The standard InChI is InChI=1S/C25H41N3O6S/c1-18(2)14-20(16-27(17-23(29)30)24(31)34-25(4,5)6)26-15-21-8-7-13-28(21)35(32,33)22-11-9-19(3)10-12-22/h9-12,18,20-21,26H,7-8,13-17H2,1-6H3,(H,29,30)/t20-,21-/m0/s1. The molecule has 198 valence electrons. The van der Waals surface area contributed by atoms with Crippen LogP contribution in [-0.2, 0) is 19.6 Å². The molecule has 2 N–H and O–H groups in total. The van der Waals surface area contributed by atoms with E-state index in [1.807, 2.05) is 20.8 Å². The van der Waals surface area contributed by atoms with Crippen LogP contribution < -0.4 is 5.32 Å². The number of carbonyl (C=O) groups is 2. The number of sulfonamides is 1. The smallest absolute Gasteiger partial charge is 0.410 e. The molecule has 0 saturated carbocycles. The lowest BCUT2D eigenvalue weighted by Crippen LogP contribution is -2.50. The first-order valence-corrected chi connectivity index (χ1v) is 13.6. The van der Waals surface area contributed by atoms with E-state index < -0.39 is 34.2 Å². The van der Waals surface area contributed by atoms with Gasteiger partial charge < -0.3 is 15.2 Å². The van der Waals surface area contributed by atoms with Gasteiger partial charge in [-0.15, -0.1) is 0 Å². The third-order valence-electron chi connectivity index (χ3n) is 5.77. The highest BCUT2D eigenvalue weighted by molar-refractivity contribution is 7.89. The summed E-state index contributed by atoms with van der Waals surface area (Å²) < 4.78 is 33.5. The first kappa shape index (κ1) is 29.1. The molecular weight excluding hydrogens is 470 g/mol. The monoisotopic (exact) mass is 511 g/mol. The third-order valence-corrected chi connectivity index (χ3v) is 7.73. The summed E-state index contributed by atoms with van der Waals surface area (Å²) in [5, 5.41) is 12.8. The van der Waals surface area contributed by atoms with E-state index in [0.29, 0.717) is 19.5 Å². The van der Waals surface area contributed by atoms with Crippen LogP contribution in [0.15, 0.2) is 29.2 Å². The van der Waals surface area contributed by atoms with E-state index >= 15 is 0 Å². The summed E-state index contributed by atoms with van der Waals surface area (Å²) in [7, 11) is -3.62. The van der Waals surface area contributed by atoms with Crippen molar-refractivity contribution in [1.29, 1.82) is 0 Å². The van der Waals surface area contributed by atoms with Gasteiger partial charge in [-0.05, 0) is 65.0 Å². The van der Waals surface area contributed by atoms with E-state index in [1.165, 1.54) is 4.90 Å². The van der Waals surface area contributed by atoms with Crippen LogP contribution in [0.4, 0.5) is 4.79 Å². The molecule has 0 aliphatic carbocycles. The topological polar surface area (TPSA) is 116 Å². The molecule has 0 spiro atoms. The molecule has 35 heavy (non-hydrogen) atoms. The van der Waals surface area contributed by atoms with E-state index in [2.05, 4.69) is 5.32 Å².